The van der Waals surface area contributed by atoms with Crippen LogP contribution in [0.25, 0.3) is 0 Å². The van der Waals surface area contributed by atoms with Crippen molar-refractivity contribution in [2.24, 2.45) is 11.5 Å². The Morgan fingerprint density at radius 3 is 2.50 bits per heavy atom. The molecule has 0 aromatic heterocycles. The summed E-state index contributed by atoms with van der Waals surface area (Å²) in [5, 5.41) is 8.21. The van der Waals surface area contributed by atoms with Crippen LogP contribution in [0.1, 0.15) is 25.7 Å². The summed E-state index contributed by atoms with van der Waals surface area (Å²) < 4.78 is 9.55. The van der Waals surface area contributed by atoms with E-state index in [9.17, 15) is 14.4 Å². The first-order valence-electron chi connectivity index (χ1n) is 6.13. The number of hydrogen-bond donors (Lipinski definition) is 3. The highest BCUT2D eigenvalue weighted by atomic mass is 16.6. The van der Waals surface area contributed by atoms with E-state index in [0.29, 0.717) is 26.1 Å². The highest BCUT2D eigenvalue weighted by Crippen LogP contribution is 2.06. The number of unbranched alkanes of at least 4 members (excludes halogenated alkanes) is 1. The molecule has 0 bridgehead atoms. The molecule has 0 saturated carbocycles. The third kappa shape index (κ3) is 12.4. The number of hydrogen-bond acceptors (Lipinski definition) is 5. The molecule has 5 N–H and O–H groups in total. The van der Waals surface area contributed by atoms with Gasteiger partial charge in [-0.3, -0.25) is 9.59 Å². The maximum Gasteiger partial charge on any atom is 0.404 e. The zero-order valence-electron chi connectivity index (χ0n) is 11.1. The lowest BCUT2D eigenvalue weighted by Crippen LogP contribution is -2.22. The Bertz CT molecular complexity index is 350. The van der Waals surface area contributed by atoms with E-state index in [1.54, 1.807) is 6.08 Å². The first kappa shape index (κ1) is 17.9. The molecule has 0 radical (unpaired) electrons. The maximum absolute atomic E-state index is 10.1. The average Bonchev–Trinajstić information content (AvgIpc) is 2.80. The van der Waals surface area contributed by atoms with Crippen LogP contribution in [0, 0.1) is 0 Å². The lowest BCUT2D eigenvalue weighted by atomic mass is 10.2. The van der Waals surface area contributed by atoms with Crippen LogP contribution < -0.4 is 11.5 Å². The van der Waals surface area contributed by atoms with E-state index in [2.05, 4.69) is 4.74 Å². The fourth-order valence-corrected chi connectivity index (χ4v) is 1.34. The predicted octanol–water partition coefficient (Wildman–Crippen LogP) is 0.153. The van der Waals surface area contributed by atoms with Crippen LogP contribution in [0.15, 0.2) is 12.2 Å². The normalized spacial score (nSPS) is 17.3. The molecule has 114 valence electrons. The third-order valence-electron chi connectivity index (χ3n) is 2.21. The van der Waals surface area contributed by atoms with Gasteiger partial charge in [0.05, 0.1) is 13.2 Å². The number of carbonyl (C=O) groups excluding carboxylic acids is 2. The number of ether oxygens (including phenoxy) is 2. The highest BCUT2D eigenvalue weighted by Gasteiger charge is 2.17. The number of carboxylic acid groups (broad SMARTS) is 1. The van der Waals surface area contributed by atoms with E-state index in [1.807, 2.05) is 0 Å². The molecule has 1 aliphatic heterocycles. The molecule has 1 saturated heterocycles. The van der Waals surface area contributed by atoms with Crippen LogP contribution in [0.5, 0.6) is 0 Å². The Labute approximate surface area is 116 Å². The van der Waals surface area contributed by atoms with E-state index < -0.39 is 18.0 Å². The van der Waals surface area contributed by atoms with Gasteiger partial charge in [-0.1, -0.05) is 6.08 Å². The summed E-state index contributed by atoms with van der Waals surface area (Å²) in [6.07, 6.45) is 4.00. The number of allylic oxidation sites excluding steroid dienone is 1. The van der Waals surface area contributed by atoms with Gasteiger partial charge in [0.1, 0.15) is 6.10 Å². The SMILES string of the molecule is NC(=O)/C=C/CCCC(=O)O.NC(=O)OC1CCOC1. The second kappa shape index (κ2) is 10.8. The summed E-state index contributed by atoms with van der Waals surface area (Å²) >= 11 is 0. The van der Waals surface area contributed by atoms with Crippen LogP contribution in [0.4, 0.5) is 4.79 Å². The van der Waals surface area contributed by atoms with Crippen molar-refractivity contribution in [3.8, 4) is 0 Å². The second-order valence-corrected chi connectivity index (χ2v) is 4.01. The lowest BCUT2D eigenvalue weighted by molar-refractivity contribution is -0.137. The summed E-state index contributed by atoms with van der Waals surface area (Å²) in [4.78, 5) is 30.2. The van der Waals surface area contributed by atoms with E-state index in [-0.39, 0.29) is 12.5 Å². The molecule has 8 nitrogen and oxygen atoms in total. The number of nitrogens with two attached hydrogens (primary N) is 2. The molecule has 1 heterocycles. The van der Waals surface area contributed by atoms with Gasteiger partial charge in [-0.15, -0.1) is 0 Å². The molecule has 0 spiro atoms. The van der Waals surface area contributed by atoms with E-state index in [0.717, 1.165) is 6.42 Å². The quantitative estimate of drug-likeness (QED) is 0.469. The first-order valence-corrected chi connectivity index (χ1v) is 6.13. The van der Waals surface area contributed by atoms with Crippen molar-refractivity contribution in [2.45, 2.75) is 31.8 Å². The predicted molar refractivity (Wildman–Crippen MR) is 69.7 cm³/mol. The molecule has 0 aromatic carbocycles. The van der Waals surface area contributed by atoms with Crippen molar-refractivity contribution in [2.75, 3.05) is 13.2 Å². The molecule has 8 heteroatoms. The Morgan fingerprint density at radius 1 is 1.35 bits per heavy atom. The van der Waals surface area contributed by atoms with E-state index >= 15 is 0 Å². The van der Waals surface area contributed by atoms with Gasteiger partial charge in [0.25, 0.3) is 0 Å². The number of amides is 2. The van der Waals surface area contributed by atoms with E-state index in [1.165, 1.54) is 6.08 Å². The van der Waals surface area contributed by atoms with Gasteiger partial charge >= 0.3 is 12.1 Å². The van der Waals surface area contributed by atoms with Crippen molar-refractivity contribution in [1.29, 1.82) is 0 Å². The standard InChI is InChI=1S/C7H11NO3.C5H9NO3/c8-6(9)4-2-1-3-5-7(10)11;6-5(7)9-4-1-2-8-3-4/h2,4H,1,3,5H2,(H2,8,9)(H,10,11);4H,1-3H2,(H2,6,7)/b4-2+;. The monoisotopic (exact) mass is 288 g/mol. The van der Waals surface area contributed by atoms with Crippen LogP contribution in [-0.4, -0.2) is 42.4 Å². The molecule has 1 fully saturated rings. The van der Waals surface area contributed by atoms with Gasteiger partial charge in [-0.25, -0.2) is 4.79 Å². The number of primary amides is 2. The summed E-state index contributed by atoms with van der Waals surface area (Å²) in [6.45, 7) is 1.15. The number of carbonyl (C=O) groups is 3. The summed E-state index contributed by atoms with van der Waals surface area (Å²) in [7, 11) is 0. The number of rotatable bonds is 6. The van der Waals surface area contributed by atoms with Crippen LogP contribution in [0.3, 0.4) is 0 Å². The van der Waals surface area contributed by atoms with Gasteiger partial charge < -0.3 is 26.0 Å². The highest BCUT2D eigenvalue weighted by molar-refractivity contribution is 5.85. The molecule has 0 aromatic rings. The summed E-state index contributed by atoms with van der Waals surface area (Å²) in [5.74, 6) is -1.32. The Hall–Kier alpha value is -2.09. The topological polar surface area (TPSA) is 142 Å². The van der Waals surface area contributed by atoms with Crippen molar-refractivity contribution < 1.29 is 29.0 Å². The smallest absolute Gasteiger partial charge is 0.404 e. The van der Waals surface area contributed by atoms with Crippen molar-refractivity contribution in [3.63, 3.8) is 0 Å². The lowest BCUT2D eigenvalue weighted by Gasteiger charge is -2.05. The minimum Gasteiger partial charge on any atom is -0.481 e. The summed E-state index contributed by atoms with van der Waals surface area (Å²) in [5.41, 5.74) is 9.55. The molecule has 2 amide bonds. The molecule has 20 heavy (non-hydrogen) atoms. The second-order valence-electron chi connectivity index (χ2n) is 4.01. The summed E-state index contributed by atoms with van der Waals surface area (Å²) in [6, 6.07) is 0. The minimum atomic E-state index is -0.822. The van der Waals surface area contributed by atoms with Crippen LogP contribution in [0.2, 0.25) is 0 Å². The minimum absolute atomic E-state index is 0.109. The van der Waals surface area contributed by atoms with Crippen molar-refractivity contribution in [1.82, 2.24) is 0 Å². The molecular formula is C12H20N2O6. The van der Waals surface area contributed by atoms with E-state index in [4.69, 9.17) is 21.3 Å². The van der Waals surface area contributed by atoms with Gasteiger partial charge in [-0.2, -0.15) is 0 Å². The van der Waals surface area contributed by atoms with Gasteiger partial charge in [0, 0.05) is 12.8 Å². The fraction of sp³-hybridized carbons (Fsp3) is 0.583. The molecule has 1 atom stereocenters. The van der Waals surface area contributed by atoms with Gasteiger partial charge in [0.2, 0.25) is 5.91 Å². The third-order valence-corrected chi connectivity index (χ3v) is 2.21. The zero-order chi connectivity index (χ0) is 15.4. The largest absolute Gasteiger partial charge is 0.481 e. The molecule has 1 aliphatic rings. The Kier molecular flexibility index (Phi) is 9.67. The van der Waals surface area contributed by atoms with Gasteiger partial charge in [0.15, 0.2) is 0 Å². The zero-order valence-corrected chi connectivity index (χ0v) is 11.1. The maximum atomic E-state index is 10.1. The van der Waals surface area contributed by atoms with Crippen molar-refractivity contribution >= 4 is 18.0 Å². The molecular weight excluding hydrogens is 268 g/mol. The molecule has 1 rings (SSSR count). The number of carboxylic acids is 1. The molecule has 1 unspecified atom stereocenters. The van der Waals surface area contributed by atoms with Gasteiger partial charge in [-0.05, 0) is 18.9 Å². The Balaban J connectivity index is 0.000000367. The van der Waals surface area contributed by atoms with Crippen LogP contribution in [-0.2, 0) is 19.1 Å². The van der Waals surface area contributed by atoms with Crippen LogP contribution >= 0.6 is 0 Å². The molecule has 0 aliphatic carbocycles. The van der Waals surface area contributed by atoms with Crippen molar-refractivity contribution in [3.05, 3.63) is 12.2 Å². The first-order chi connectivity index (χ1) is 9.41. The number of aliphatic carboxylic acids is 1. The fourth-order valence-electron chi connectivity index (χ4n) is 1.34. The Morgan fingerprint density at radius 2 is 2.05 bits per heavy atom. The average molecular weight is 288 g/mol.